The lowest BCUT2D eigenvalue weighted by atomic mass is 9.70. The van der Waals surface area contributed by atoms with Gasteiger partial charge in [-0.25, -0.2) is 0 Å². The molecule has 2 aliphatic rings. The van der Waals surface area contributed by atoms with Gasteiger partial charge in [0.05, 0.1) is 5.41 Å². The average Bonchev–Trinajstić information content (AvgIpc) is 3.86. The summed E-state index contributed by atoms with van der Waals surface area (Å²) in [5.41, 5.74) is 17.5. The Morgan fingerprint density at radius 2 is 0.981 bits per heavy atom. The van der Waals surface area contributed by atoms with E-state index in [-0.39, 0.29) is 11.3 Å². The molecule has 0 aliphatic heterocycles. The largest absolute Gasteiger partial charge is 0.135 e. The molecule has 2 aliphatic carbocycles. The third-order valence-electron chi connectivity index (χ3n) is 12.0. The first kappa shape index (κ1) is 30.6. The summed E-state index contributed by atoms with van der Waals surface area (Å²) >= 11 is 1.89. The number of aryl methyl sites for hydroxylation is 1. The van der Waals surface area contributed by atoms with E-state index in [1.54, 1.807) is 0 Å². The van der Waals surface area contributed by atoms with Crippen LogP contribution in [0.4, 0.5) is 0 Å². The van der Waals surface area contributed by atoms with Gasteiger partial charge in [-0.05, 0) is 103 Å². The SMILES string of the molecule is c1ccc(-c2ccc(C(CCc3cccc4c3-c3ccccc3C43c4ccccc4-c4ccccc43)c3ccc4sc5ccccc5c4c3)cc2)cc1. The van der Waals surface area contributed by atoms with Crippen molar-refractivity contribution >= 4 is 31.5 Å². The molecule has 53 heavy (non-hydrogen) atoms. The van der Waals surface area contributed by atoms with E-state index in [0.717, 1.165) is 12.8 Å². The summed E-state index contributed by atoms with van der Waals surface area (Å²) in [5, 5.41) is 2.72. The van der Waals surface area contributed by atoms with Crippen LogP contribution in [-0.4, -0.2) is 0 Å². The topological polar surface area (TPSA) is 0 Å². The molecule has 0 saturated heterocycles. The molecule has 0 N–H and O–H groups in total. The van der Waals surface area contributed by atoms with Crippen LogP contribution in [-0.2, 0) is 11.8 Å². The van der Waals surface area contributed by atoms with Crippen LogP contribution in [0.2, 0.25) is 0 Å². The zero-order valence-electron chi connectivity index (χ0n) is 29.3. The van der Waals surface area contributed by atoms with Crippen LogP contribution < -0.4 is 0 Å². The van der Waals surface area contributed by atoms with Crippen molar-refractivity contribution in [1.82, 2.24) is 0 Å². The minimum absolute atomic E-state index is 0.247. The Kier molecular flexibility index (Phi) is 6.94. The van der Waals surface area contributed by atoms with Gasteiger partial charge in [0.15, 0.2) is 0 Å². The van der Waals surface area contributed by atoms with E-state index in [2.05, 4.69) is 188 Å². The lowest BCUT2D eigenvalue weighted by molar-refractivity contribution is 0.715. The summed E-state index contributed by atoms with van der Waals surface area (Å²) in [6.45, 7) is 0. The molecular weight excluding hydrogens is 657 g/mol. The number of fused-ring (bicyclic) bond motifs is 13. The minimum atomic E-state index is -0.313. The quantitative estimate of drug-likeness (QED) is 0.163. The lowest BCUT2D eigenvalue weighted by Gasteiger charge is -2.30. The van der Waals surface area contributed by atoms with E-state index in [1.807, 2.05) is 11.3 Å². The van der Waals surface area contributed by atoms with Gasteiger partial charge in [0.25, 0.3) is 0 Å². The maximum atomic E-state index is 2.48. The lowest BCUT2D eigenvalue weighted by Crippen LogP contribution is -2.25. The van der Waals surface area contributed by atoms with Crippen molar-refractivity contribution < 1.29 is 0 Å². The molecule has 1 heteroatoms. The summed E-state index contributed by atoms with van der Waals surface area (Å²) in [7, 11) is 0. The third kappa shape index (κ3) is 4.54. The molecule has 11 rings (SSSR count). The van der Waals surface area contributed by atoms with Crippen LogP contribution in [0.25, 0.3) is 53.6 Å². The Bertz CT molecular complexity index is 2790. The molecular formula is C52H36S. The Balaban J connectivity index is 1.05. The average molecular weight is 693 g/mol. The van der Waals surface area contributed by atoms with Gasteiger partial charge in [-0.1, -0.05) is 170 Å². The van der Waals surface area contributed by atoms with Gasteiger partial charge in [-0.3, -0.25) is 0 Å². The highest BCUT2D eigenvalue weighted by Crippen LogP contribution is 2.63. The normalized spacial score (nSPS) is 13.9. The van der Waals surface area contributed by atoms with Crippen LogP contribution in [0.3, 0.4) is 0 Å². The van der Waals surface area contributed by atoms with E-state index in [4.69, 9.17) is 0 Å². The van der Waals surface area contributed by atoms with E-state index in [1.165, 1.54) is 92.5 Å². The molecule has 0 radical (unpaired) electrons. The van der Waals surface area contributed by atoms with Crippen LogP contribution in [0.5, 0.6) is 0 Å². The molecule has 0 amide bonds. The Labute approximate surface area is 314 Å². The van der Waals surface area contributed by atoms with Gasteiger partial charge in [0, 0.05) is 26.1 Å². The highest BCUT2D eigenvalue weighted by atomic mass is 32.1. The van der Waals surface area contributed by atoms with Crippen molar-refractivity contribution in [1.29, 1.82) is 0 Å². The van der Waals surface area contributed by atoms with Crippen LogP contribution >= 0.6 is 11.3 Å². The summed E-state index contributed by atoms with van der Waals surface area (Å²) in [5.74, 6) is 0.247. The Hall–Kier alpha value is -6.02. The zero-order valence-corrected chi connectivity index (χ0v) is 30.1. The number of hydrogen-bond donors (Lipinski definition) is 0. The highest BCUT2D eigenvalue weighted by Gasteiger charge is 2.51. The first-order valence-electron chi connectivity index (χ1n) is 18.8. The predicted molar refractivity (Wildman–Crippen MR) is 224 cm³/mol. The van der Waals surface area contributed by atoms with Crippen LogP contribution in [0.1, 0.15) is 51.3 Å². The van der Waals surface area contributed by atoms with E-state index < -0.39 is 0 Å². The fraction of sp³-hybridized carbons (Fsp3) is 0.0769. The van der Waals surface area contributed by atoms with Crippen molar-refractivity contribution in [2.45, 2.75) is 24.2 Å². The number of thiophene rings is 1. The summed E-state index contributed by atoms with van der Waals surface area (Å²) in [4.78, 5) is 0. The van der Waals surface area contributed by atoms with Crippen molar-refractivity contribution in [3.63, 3.8) is 0 Å². The molecule has 9 aromatic rings. The number of rotatable bonds is 6. The zero-order chi connectivity index (χ0) is 34.9. The van der Waals surface area contributed by atoms with E-state index in [0.29, 0.717) is 0 Å². The van der Waals surface area contributed by atoms with Gasteiger partial charge in [-0.15, -0.1) is 11.3 Å². The molecule has 1 heterocycles. The van der Waals surface area contributed by atoms with Gasteiger partial charge in [0.2, 0.25) is 0 Å². The van der Waals surface area contributed by atoms with Gasteiger partial charge >= 0.3 is 0 Å². The van der Waals surface area contributed by atoms with Crippen LogP contribution in [0.15, 0.2) is 188 Å². The van der Waals surface area contributed by atoms with Crippen molar-refractivity contribution in [3.8, 4) is 33.4 Å². The van der Waals surface area contributed by atoms with Crippen molar-refractivity contribution in [2.75, 3.05) is 0 Å². The van der Waals surface area contributed by atoms with Gasteiger partial charge < -0.3 is 0 Å². The third-order valence-corrected chi connectivity index (χ3v) is 13.2. The maximum Gasteiger partial charge on any atom is 0.0725 e. The first-order valence-corrected chi connectivity index (χ1v) is 19.6. The number of benzene rings is 8. The van der Waals surface area contributed by atoms with Gasteiger partial charge in [-0.2, -0.15) is 0 Å². The molecule has 0 nitrogen and oxygen atoms in total. The second-order valence-electron chi connectivity index (χ2n) is 14.7. The Morgan fingerprint density at radius 3 is 1.74 bits per heavy atom. The molecule has 250 valence electrons. The molecule has 1 atom stereocenters. The molecule has 0 fully saturated rings. The van der Waals surface area contributed by atoms with Crippen molar-refractivity contribution in [2.24, 2.45) is 0 Å². The molecule has 1 spiro atoms. The highest BCUT2D eigenvalue weighted by molar-refractivity contribution is 7.25. The first-order chi connectivity index (χ1) is 26.3. The molecule has 1 aromatic heterocycles. The monoisotopic (exact) mass is 692 g/mol. The predicted octanol–water partition coefficient (Wildman–Crippen LogP) is 13.8. The van der Waals surface area contributed by atoms with E-state index >= 15 is 0 Å². The molecule has 1 unspecified atom stereocenters. The number of hydrogen-bond acceptors (Lipinski definition) is 1. The smallest absolute Gasteiger partial charge is 0.0725 e. The minimum Gasteiger partial charge on any atom is -0.135 e. The second-order valence-corrected chi connectivity index (χ2v) is 15.7. The van der Waals surface area contributed by atoms with Crippen LogP contribution in [0, 0.1) is 0 Å². The summed E-state index contributed by atoms with van der Waals surface area (Å²) in [6, 6.07) is 70.7. The van der Waals surface area contributed by atoms with Gasteiger partial charge in [0.1, 0.15) is 0 Å². The fourth-order valence-electron chi connectivity index (χ4n) is 9.75. The second kappa shape index (κ2) is 12.0. The maximum absolute atomic E-state index is 2.48. The Morgan fingerprint density at radius 1 is 0.415 bits per heavy atom. The molecule has 0 saturated carbocycles. The fourth-order valence-corrected chi connectivity index (χ4v) is 10.8. The summed E-state index contributed by atoms with van der Waals surface area (Å²) in [6.07, 6.45) is 1.99. The summed E-state index contributed by atoms with van der Waals surface area (Å²) < 4.78 is 2.71. The van der Waals surface area contributed by atoms with E-state index in [9.17, 15) is 0 Å². The molecule has 0 bridgehead atoms. The van der Waals surface area contributed by atoms with Crippen molar-refractivity contribution in [3.05, 3.63) is 227 Å². The standard InChI is InChI=1S/C52H36S/c1-2-13-34(14-3-1)35-25-27-36(28-26-35)39(38-30-32-50-44(33-38)42-18-7-11-24-49(42)53-50)31-29-37-15-12-23-48-51(37)43-19-6-10-22-47(43)52(48)45-20-8-4-16-40(45)41-17-5-9-21-46(41)52/h1-28,30,32-33,39H,29,31H2. The molecule has 8 aromatic carbocycles.